The van der Waals surface area contributed by atoms with Crippen LogP contribution in [0.25, 0.3) is 10.9 Å². The van der Waals surface area contributed by atoms with Crippen LogP contribution < -0.4 is 16.2 Å². The molecule has 138 valence electrons. The van der Waals surface area contributed by atoms with Gasteiger partial charge in [-0.3, -0.25) is 19.5 Å². The van der Waals surface area contributed by atoms with Gasteiger partial charge in [0.2, 0.25) is 5.91 Å². The van der Waals surface area contributed by atoms with Crippen LogP contribution in [0.2, 0.25) is 0 Å². The molecule has 1 aliphatic rings. The van der Waals surface area contributed by atoms with E-state index in [9.17, 15) is 14.4 Å². The minimum Gasteiger partial charge on any atom is -0.335 e. The van der Waals surface area contributed by atoms with Crippen molar-refractivity contribution in [3.8, 4) is 0 Å². The Hall–Kier alpha value is -2.70. The van der Waals surface area contributed by atoms with Crippen LogP contribution in [0, 0.1) is 12.8 Å². The number of carbonyl (C=O) groups is 2. The second kappa shape index (κ2) is 7.68. The molecule has 3 amide bonds. The second-order valence-corrected chi connectivity index (χ2v) is 6.96. The molecule has 1 aromatic carbocycles. The topological polar surface area (TPSA) is 93.1 Å². The van der Waals surface area contributed by atoms with Gasteiger partial charge in [-0.25, -0.2) is 9.78 Å². The van der Waals surface area contributed by atoms with Gasteiger partial charge < -0.3 is 5.32 Å². The highest BCUT2D eigenvalue weighted by Crippen LogP contribution is 2.23. The average molecular weight is 356 g/mol. The van der Waals surface area contributed by atoms with E-state index in [0.29, 0.717) is 22.6 Å². The van der Waals surface area contributed by atoms with Crippen molar-refractivity contribution >= 4 is 22.8 Å². The van der Waals surface area contributed by atoms with Crippen LogP contribution in [0.15, 0.2) is 29.1 Å². The van der Waals surface area contributed by atoms with Crippen molar-refractivity contribution in [3.05, 3.63) is 40.4 Å². The molecular weight excluding hydrogens is 332 g/mol. The normalized spacial score (nSPS) is 19.9. The summed E-state index contributed by atoms with van der Waals surface area (Å²) in [4.78, 5) is 41.2. The molecule has 1 aliphatic carbocycles. The van der Waals surface area contributed by atoms with Crippen LogP contribution in [-0.2, 0) is 11.3 Å². The zero-order valence-corrected chi connectivity index (χ0v) is 15.1. The summed E-state index contributed by atoms with van der Waals surface area (Å²) in [6, 6.07) is 6.57. The molecule has 1 heterocycles. The number of rotatable bonds is 3. The van der Waals surface area contributed by atoms with Crippen molar-refractivity contribution in [2.45, 2.75) is 52.1 Å². The summed E-state index contributed by atoms with van der Waals surface area (Å²) >= 11 is 0. The number of para-hydroxylation sites is 1. The molecule has 0 unspecified atom stereocenters. The van der Waals surface area contributed by atoms with Gasteiger partial charge in [0.05, 0.1) is 10.9 Å². The minimum atomic E-state index is -0.534. The van der Waals surface area contributed by atoms with Crippen LogP contribution in [0.1, 0.15) is 38.4 Å². The number of aromatic nitrogens is 2. The summed E-state index contributed by atoms with van der Waals surface area (Å²) in [5, 5.41) is 5.64. The number of hydrogen-bond donors (Lipinski definition) is 2. The SMILES string of the molecule is Cc1nc2ccccc2c(=O)n1CC(=O)NC(=O)N[C@H]1CCCC[C@H]1C. The lowest BCUT2D eigenvalue weighted by atomic mass is 9.86. The molecule has 1 saturated carbocycles. The van der Waals surface area contributed by atoms with Gasteiger partial charge in [-0.05, 0) is 37.8 Å². The lowest BCUT2D eigenvalue weighted by Gasteiger charge is -2.29. The lowest BCUT2D eigenvalue weighted by Crippen LogP contribution is -2.48. The summed E-state index contributed by atoms with van der Waals surface area (Å²) < 4.78 is 1.29. The number of urea groups is 1. The number of benzene rings is 1. The van der Waals surface area contributed by atoms with Crippen molar-refractivity contribution in [1.29, 1.82) is 0 Å². The van der Waals surface area contributed by atoms with E-state index in [-0.39, 0.29) is 18.1 Å². The molecule has 0 radical (unpaired) electrons. The molecule has 2 atom stereocenters. The number of amides is 3. The van der Waals surface area contributed by atoms with E-state index in [2.05, 4.69) is 22.5 Å². The molecule has 2 aromatic rings. The fourth-order valence-corrected chi connectivity index (χ4v) is 3.51. The van der Waals surface area contributed by atoms with E-state index in [1.165, 1.54) is 11.0 Å². The van der Waals surface area contributed by atoms with Crippen molar-refractivity contribution < 1.29 is 9.59 Å². The lowest BCUT2D eigenvalue weighted by molar-refractivity contribution is -0.120. The van der Waals surface area contributed by atoms with E-state index in [1.807, 2.05) is 6.07 Å². The molecule has 3 rings (SSSR count). The van der Waals surface area contributed by atoms with Gasteiger partial charge in [0.1, 0.15) is 12.4 Å². The third kappa shape index (κ3) is 3.92. The number of nitrogens with zero attached hydrogens (tertiary/aromatic N) is 2. The molecule has 0 bridgehead atoms. The Morgan fingerprint density at radius 1 is 1.23 bits per heavy atom. The van der Waals surface area contributed by atoms with Crippen LogP contribution in [-0.4, -0.2) is 27.5 Å². The first-order valence-electron chi connectivity index (χ1n) is 9.02. The van der Waals surface area contributed by atoms with Gasteiger partial charge in [-0.2, -0.15) is 0 Å². The van der Waals surface area contributed by atoms with Crippen LogP contribution in [0.4, 0.5) is 4.79 Å². The summed E-state index contributed by atoms with van der Waals surface area (Å²) in [6.45, 7) is 3.54. The van der Waals surface area contributed by atoms with Gasteiger partial charge in [-0.15, -0.1) is 0 Å². The fraction of sp³-hybridized carbons (Fsp3) is 0.474. The third-order valence-electron chi connectivity index (χ3n) is 5.04. The Morgan fingerprint density at radius 3 is 2.73 bits per heavy atom. The highest BCUT2D eigenvalue weighted by molar-refractivity contribution is 5.94. The number of aryl methyl sites for hydroxylation is 1. The van der Waals surface area contributed by atoms with Gasteiger partial charge >= 0.3 is 6.03 Å². The smallest absolute Gasteiger partial charge is 0.321 e. The first-order valence-corrected chi connectivity index (χ1v) is 9.02. The fourth-order valence-electron chi connectivity index (χ4n) is 3.51. The van der Waals surface area contributed by atoms with E-state index in [4.69, 9.17) is 0 Å². The Kier molecular flexibility index (Phi) is 5.35. The molecule has 1 fully saturated rings. The number of imide groups is 1. The maximum absolute atomic E-state index is 12.6. The summed E-state index contributed by atoms with van der Waals surface area (Å²) in [5.41, 5.74) is 0.306. The molecule has 7 nitrogen and oxygen atoms in total. The number of nitrogens with one attached hydrogen (secondary N) is 2. The zero-order valence-electron chi connectivity index (χ0n) is 15.1. The highest BCUT2D eigenvalue weighted by Gasteiger charge is 2.23. The average Bonchev–Trinajstić information content (AvgIpc) is 2.60. The van der Waals surface area contributed by atoms with Gasteiger partial charge in [0, 0.05) is 6.04 Å². The van der Waals surface area contributed by atoms with Crippen molar-refractivity contribution in [1.82, 2.24) is 20.2 Å². The molecule has 7 heteroatoms. The second-order valence-electron chi connectivity index (χ2n) is 6.96. The van der Waals surface area contributed by atoms with Crippen LogP contribution in [0.3, 0.4) is 0 Å². The van der Waals surface area contributed by atoms with Gasteiger partial charge in [0.15, 0.2) is 0 Å². The van der Waals surface area contributed by atoms with E-state index in [1.54, 1.807) is 25.1 Å². The van der Waals surface area contributed by atoms with Crippen LogP contribution >= 0.6 is 0 Å². The van der Waals surface area contributed by atoms with Gasteiger partial charge in [0.25, 0.3) is 5.56 Å². The number of fused-ring (bicyclic) bond motifs is 1. The molecule has 26 heavy (non-hydrogen) atoms. The monoisotopic (exact) mass is 356 g/mol. The molecule has 0 saturated heterocycles. The Morgan fingerprint density at radius 2 is 1.96 bits per heavy atom. The summed E-state index contributed by atoms with van der Waals surface area (Å²) in [6.07, 6.45) is 4.27. The summed E-state index contributed by atoms with van der Waals surface area (Å²) in [5.74, 6) is 0.303. The van der Waals surface area contributed by atoms with Crippen LogP contribution in [0.5, 0.6) is 0 Å². The maximum atomic E-state index is 12.6. The molecule has 0 spiro atoms. The maximum Gasteiger partial charge on any atom is 0.321 e. The predicted octanol–water partition coefficient (Wildman–Crippen LogP) is 2.11. The molecule has 0 aliphatic heterocycles. The summed E-state index contributed by atoms with van der Waals surface area (Å²) in [7, 11) is 0. The van der Waals surface area contributed by atoms with Crippen molar-refractivity contribution in [3.63, 3.8) is 0 Å². The van der Waals surface area contributed by atoms with E-state index in [0.717, 1.165) is 19.3 Å². The quantitative estimate of drug-likeness (QED) is 0.881. The Labute approximate surface area is 151 Å². The third-order valence-corrected chi connectivity index (χ3v) is 5.04. The van der Waals surface area contributed by atoms with Crippen molar-refractivity contribution in [2.24, 2.45) is 5.92 Å². The largest absolute Gasteiger partial charge is 0.335 e. The Bertz CT molecular complexity index is 890. The number of carbonyl (C=O) groups excluding carboxylic acids is 2. The highest BCUT2D eigenvalue weighted by atomic mass is 16.2. The predicted molar refractivity (Wildman–Crippen MR) is 98.8 cm³/mol. The zero-order chi connectivity index (χ0) is 18.7. The van der Waals surface area contributed by atoms with E-state index < -0.39 is 11.9 Å². The van der Waals surface area contributed by atoms with Crippen molar-refractivity contribution in [2.75, 3.05) is 0 Å². The molecule has 2 N–H and O–H groups in total. The molecular formula is C19H24N4O3. The Balaban J connectivity index is 1.67. The van der Waals surface area contributed by atoms with Gasteiger partial charge in [-0.1, -0.05) is 31.9 Å². The molecule has 1 aromatic heterocycles. The first-order chi connectivity index (χ1) is 12.5. The minimum absolute atomic E-state index is 0.0864. The standard InChI is InChI=1S/C19H24N4O3/c1-12-7-3-5-9-15(12)21-19(26)22-17(24)11-23-13(2)20-16-10-6-4-8-14(16)18(23)25/h4,6,8,10,12,15H,3,5,7,9,11H2,1-2H3,(H2,21,22,24,26)/t12-,15+/m1/s1. The van der Waals surface area contributed by atoms with E-state index >= 15 is 0 Å². The number of hydrogen-bond acceptors (Lipinski definition) is 4. The first kappa shape index (κ1) is 18.1.